The van der Waals surface area contributed by atoms with Crippen LogP contribution >= 0.6 is 0 Å². The number of benzene rings is 2. The van der Waals surface area contributed by atoms with Crippen molar-refractivity contribution < 1.29 is 14.3 Å². The van der Waals surface area contributed by atoms with E-state index in [0.29, 0.717) is 23.4 Å². The predicted molar refractivity (Wildman–Crippen MR) is 99.6 cm³/mol. The molecule has 3 aliphatic rings. The van der Waals surface area contributed by atoms with Gasteiger partial charge in [0.25, 0.3) is 0 Å². The van der Waals surface area contributed by atoms with Crippen molar-refractivity contribution in [2.75, 3.05) is 13.1 Å². The van der Waals surface area contributed by atoms with E-state index in [0.717, 1.165) is 31.5 Å². The third-order valence-electron chi connectivity index (χ3n) is 6.31. The molecule has 136 valence electrons. The zero-order valence-electron chi connectivity index (χ0n) is 14.9. The normalized spacial score (nSPS) is 28.2. The van der Waals surface area contributed by atoms with Crippen LogP contribution in [-0.4, -0.2) is 29.1 Å². The molecule has 0 aromatic heterocycles. The summed E-state index contributed by atoms with van der Waals surface area (Å²) in [6.07, 6.45) is 2.12. The van der Waals surface area contributed by atoms with Crippen LogP contribution < -0.4 is 0 Å². The van der Waals surface area contributed by atoms with Gasteiger partial charge in [0.1, 0.15) is 5.82 Å². The lowest BCUT2D eigenvalue weighted by Gasteiger charge is -2.27. The molecule has 2 aliphatic carbocycles. The maximum atomic E-state index is 13.3. The van der Waals surface area contributed by atoms with Gasteiger partial charge in [-0.05, 0) is 66.1 Å². The first-order valence-corrected chi connectivity index (χ1v) is 9.47. The lowest BCUT2D eigenvalue weighted by atomic mass is 10.0. The van der Waals surface area contributed by atoms with Crippen molar-refractivity contribution in [2.45, 2.75) is 18.9 Å². The molecule has 5 rings (SSSR count). The number of likely N-dealkylation sites (tertiary alicyclic amines) is 1. The summed E-state index contributed by atoms with van der Waals surface area (Å²) in [6, 6.07) is 13.1. The van der Waals surface area contributed by atoms with Gasteiger partial charge >= 0.3 is 5.97 Å². The number of fused-ring (bicyclic) bond motifs is 2. The topological polar surface area (TPSA) is 40.5 Å². The van der Waals surface area contributed by atoms with E-state index in [1.54, 1.807) is 6.07 Å². The molecule has 0 bridgehead atoms. The average molecular weight is 361 g/mol. The maximum absolute atomic E-state index is 13.3. The molecule has 1 aliphatic heterocycles. The molecule has 1 N–H and O–H groups in total. The van der Waals surface area contributed by atoms with E-state index < -0.39 is 5.97 Å². The third kappa shape index (κ3) is 2.93. The summed E-state index contributed by atoms with van der Waals surface area (Å²) in [5.74, 6) is 5.86. The second-order valence-electron chi connectivity index (χ2n) is 7.87. The first-order valence-electron chi connectivity index (χ1n) is 9.47. The van der Waals surface area contributed by atoms with Crippen LogP contribution in [0.25, 0.3) is 0 Å². The van der Waals surface area contributed by atoms with Crippen LogP contribution in [0.5, 0.6) is 0 Å². The smallest absolute Gasteiger partial charge is 0.307 e. The molecule has 2 aromatic rings. The van der Waals surface area contributed by atoms with Crippen molar-refractivity contribution >= 4 is 5.97 Å². The Morgan fingerprint density at radius 3 is 2.52 bits per heavy atom. The van der Waals surface area contributed by atoms with Gasteiger partial charge in [0, 0.05) is 30.3 Å². The molecular formula is C23H20FNO2. The molecule has 4 atom stereocenters. The summed E-state index contributed by atoms with van der Waals surface area (Å²) in [7, 11) is 0. The number of piperidine rings is 1. The number of aryl methyl sites for hydroxylation is 1. The molecule has 1 saturated heterocycles. The minimum Gasteiger partial charge on any atom is -0.481 e. The Bertz CT molecular complexity index is 977. The number of rotatable bonds is 2. The fourth-order valence-corrected chi connectivity index (χ4v) is 4.94. The van der Waals surface area contributed by atoms with E-state index >= 15 is 0 Å². The van der Waals surface area contributed by atoms with Gasteiger partial charge in [-0.25, -0.2) is 4.39 Å². The molecular weight excluding hydrogens is 341 g/mol. The van der Waals surface area contributed by atoms with Gasteiger partial charge < -0.3 is 5.11 Å². The maximum Gasteiger partial charge on any atom is 0.307 e. The zero-order valence-corrected chi connectivity index (χ0v) is 14.9. The Labute approximate surface area is 157 Å². The molecule has 0 amide bonds. The number of aliphatic carboxylic acids is 1. The van der Waals surface area contributed by atoms with Crippen LogP contribution in [0.1, 0.15) is 34.7 Å². The number of nitrogens with zero attached hydrogens (tertiary/aromatic N) is 1. The Balaban J connectivity index is 1.31. The Morgan fingerprint density at radius 2 is 1.81 bits per heavy atom. The van der Waals surface area contributed by atoms with Gasteiger partial charge in [-0.1, -0.05) is 24.0 Å². The summed E-state index contributed by atoms with van der Waals surface area (Å²) in [5, 5.41) is 9.19. The summed E-state index contributed by atoms with van der Waals surface area (Å²) in [6.45, 7) is 1.82. The minimum atomic E-state index is -0.627. The van der Waals surface area contributed by atoms with Crippen molar-refractivity contribution in [1.82, 2.24) is 4.90 Å². The fraction of sp³-hybridized carbons (Fsp3) is 0.348. The highest BCUT2D eigenvalue weighted by Gasteiger charge is 2.60. The molecule has 0 spiro atoms. The summed E-state index contributed by atoms with van der Waals surface area (Å²) in [5.41, 5.74) is 4.33. The van der Waals surface area contributed by atoms with Gasteiger partial charge in [-0.2, -0.15) is 0 Å². The molecule has 0 radical (unpaired) electrons. The average Bonchev–Trinajstić information content (AvgIpc) is 3.00. The molecule has 27 heavy (non-hydrogen) atoms. The number of hydrogen-bond donors (Lipinski definition) is 1. The highest BCUT2D eigenvalue weighted by molar-refractivity contribution is 5.74. The van der Waals surface area contributed by atoms with E-state index in [1.165, 1.54) is 23.3 Å². The number of hydrogen-bond acceptors (Lipinski definition) is 2. The van der Waals surface area contributed by atoms with Gasteiger partial charge in [-0.3, -0.25) is 9.69 Å². The van der Waals surface area contributed by atoms with E-state index in [2.05, 4.69) is 28.9 Å². The van der Waals surface area contributed by atoms with Crippen molar-refractivity contribution in [2.24, 2.45) is 17.8 Å². The molecule has 4 heteroatoms. The van der Waals surface area contributed by atoms with Gasteiger partial charge in [0.05, 0.1) is 5.92 Å². The summed E-state index contributed by atoms with van der Waals surface area (Å²) < 4.78 is 13.3. The van der Waals surface area contributed by atoms with Crippen molar-refractivity contribution in [3.63, 3.8) is 0 Å². The molecule has 1 unspecified atom stereocenters. The first-order chi connectivity index (χ1) is 13.1. The molecule has 1 heterocycles. The minimum absolute atomic E-state index is 0.109. The lowest BCUT2D eigenvalue weighted by Crippen LogP contribution is -2.29. The van der Waals surface area contributed by atoms with Crippen LogP contribution in [0.4, 0.5) is 4.39 Å². The van der Waals surface area contributed by atoms with Crippen LogP contribution in [0, 0.1) is 35.4 Å². The Hall–Kier alpha value is -2.64. The molecule has 3 nitrogen and oxygen atoms in total. The third-order valence-corrected chi connectivity index (χ3v) is 6.31. The number of carboxylic acid groups (broad SMARTS) is 1. The fourth-order valence-electron chi connectivity index (χ4n) is 4.94. The highest BCUT2D eigenvalue weighted by atomic mass is 19.1. The van der Waals surface area contributed by atoms with Crippen LogP contribution in [0.3, 0.4) is 0 Å². The van der Waals surface area contributed by atoms with Crippen LogP contribution in [0.15, 0.2) is 42.5 Å². The standard InChI is InChI=1S/C23H20FNO2/c24-17-3-1-2-14(11-17)4-5-15-6-8-18-16(10-15)7-9-21(18)25-12-19-20(13-25)22(19)23(26)27/h1-3,6,8,10-11,19-22H,7,9,12-13H2,(H,26,27)/t19-,20+,21?,22+. The van der Waals surface area contributed by atoms with E-state index in [-0.39, 0.29) is 11.7 Å². The Morgan fingerprint density at radius 1 is 1.07 bits per heavy atom. The quantitative estimate of drug-likeness (QED) is 0.833. The molecule has 2 aromatic carbocycles. The number of carbonyl (C=O) groups is 1. The SMILES string of the molecule is O=C(O)[C@H]1[C@@H]2CN(C3CCc4cc(C#Cc5cccc(F)c5)ccc43)C[C@@H]21. The number of halogens is 1. The highest BCUT2D eigenvalue weighted by Crippen LogP contribution is 2.54. The molecule has 2 fully saturated rings. The van der Waals surface area contributed by atoms with E-state index in [9.17, 15) is 14.3 Å². The van der Waals surface area contributed by atoms with Crippen molar-refractivity contribution in [3.8, 4) is 11.8 Å². The van der Waals surface area contributed by atoms with Gasteiger partial charge in [-0.15, -0.1) is 0 Å². The monoisotopic (exact) mass is 361 g/mol. The predicted octanol–water partition coefficient (Wildman–Crippen LogP) is 3.48. The van der Waals surface area contributed by atoms with Crippen LogP contribution in [0.2, 0.25) is 0 Å². The number of carboxylic acids is 1. The largest absolute Gasteiger partial charge is 0.481 e. The molecule has 1 saturated carbocycles. The second kappa shape index (κ2) is 6.21. The van der Waals surface area contributed by atoms with Crippen molar-refractivity contribution in [3.05, 3.63) is 70.5 Å². The first kappa shape index (κ1) is 16.5. The Kier molecular flexibility index (Phi) is 3.80. The summed E-state index contributed by atoms with van der Waals surface area (Å²) in [4.78, 5) is 13.6. The van der Waals surface area contributed by atoms with Crippen molar-refractivity contribution in [1.29, 1.82) is 0 Å². The van der Waals surface area contributed by atoms with Crippen LogP contribution in [-0.2, 0) is 11.2 Å². The van der Waals surface area contributed by atoms with Gasteiger partial charge in [0.15, 0.2) is 0 Å². The summed E-state index contributed by atoms with van der Waals surface area (Å²) >= 11 is 0. The van der Waals surface area contributed by atoms with Gasteiger partial charge in [0.2, 0.25) is 0 Å². The lowest BCUT2D eigenvalue weighted by molar-refractivity contribution is -0.139. The van der Waals surface area contributed by atoms with E-state index in [1.807, 2.05) is 12.1 Å². The second-order valence-corrected chi connectivity index (χ2v) is 7.87. The van der Waals surface area contributed by atoms with E-state index in [4.69, 9.17) is 0 Å². The zero-order chi connectivity index (χ0) is 18.5.